The van der Waals surface area contributed by atoms with Gasteiger partial charge in [0.15, 0.2) is 0 Å². The number of hydrogen-bond acceptors (Lipinski definition) is 3. The quantitative estimate of drug-likeness (QED) is 0.881. The third kappa shape index (κ3) is 2.09. The summed E-state index contributed by atoms with van der Waals surface area (Å²) in [6.07, 6.45) is 4.90. The second-order valence-corrected chi connectivity index (χ2v) is 5.51. The summed E-state index contributed by atoms with van der Waals surface area (Å²) in [5.74, 6) is -0.869. The van der Waals surface area contributed by atoms with E-state index in [1.807, 2.05) is 7.05 Å². The number of carboxylic acids is 1. The zero-order valence-electron chi connectivity index (χ0n) is 9.56. The van der Waals surface area contributed by atoms with Crippen LogP contribution in [-0.4, -0.2) is 26.1 Å². The zero-order chi connectivity index (χ0) is 11.7. The van der Waals surface area contributed by atoms with Crippen LogP contribution in [0.15, 0.2) is 5.03 Å². The molecule has 0 radical (unpaired) electrons. The standard InChI is InChI=1S/C11H16N2O2S/c1-7-9(11(14)15)10(13(2)12-7)16-8-5-3-4-6-8/h8H,3-6H2,1-2H3,(H,14,15). The van der Waals surface area contributed by atoms with Crippen molar-refractivity contribution >= 4 is 17.7 Å². The molecule has 0 amide bonds. The Morgan fingerprint density at radius 2 is 2.12 bits per heavy atom. The van der Waals surface area contributed by atoms with Gasteiger partial charge in [-0.15, -0.1) is 11.8 Å². The molecule has 1 aromatic heterocycles. The lowest BCUT2D eigenvalue weighted by Crippen LogP contribution is -2.04. The molecule has 1 aliphatic rings. The molecule has 0 spiro atoms. The normalized spacial score (nSPS) is 16.9. The fraction of sp³-hybridized carbons (Fsp3) is 0.636. The van der Waals surface area contributed by atoms with E-state index in [0.29, 0.717) is 16.5 Å². The molecule has 0 aliphatic heterocycles. The van der Waals surface area contributed by atoms with Gasteiger partial charge in [-0.25, -0.2) is 4.79 Å². The molecule has 1 fully saturated rings. The lowest BCUT2D eigenvalue weighted by Gasteiger charge is -2.09. The summed E-state index contributed by atoms with van der Waals surface area (Å²) in [5.41, 5.74) is 0.981. The molecule has 0 saturated heterocycles. The molecule has 4 nitrogen and oxygen atoms in total. The van der Waals surface area contributed by atoms with Crippen LogP contribution in [0.3, 0.4) is 0 Å². The van der Waals surface area contributed by atoms with Crippen LogP contribution in [0.4, 0.5) is 0 Å². The predicted octanol–water partition coefficient (Wildman–Crippen LogP) is 2.46. The first kappa shape index (κ1) is 11.5. The SMILES string of the molecule is Cc1nn(C)c(SC2CCCC2)c1C(=O)O. The molecule has 0 bridgehead atoms. The number of carbonyl (C=O) groups is 1. The van der Waals surface area contributed by atoms with Gasteiger partial charge < -0.3 is 5.11 Å². The first-order valence-corrected chi connectivity index (χ1v) is 6.41. The summed E-state index contributed by atoms with van der Waals surface area (Å²) in [6.45, 7) is 1.75. The third-order valence-electron chi connectivity index (χ3n) is 2.96. The highest BCUT2D eigenvalue weighted by atomic mass is 32.2. The van der Waals surface area contributed by atoms with Crippen molar-refractivity contribution in [2.24, 2.45) is 7.05 Å². The Bertz CT molecular complexity index is 408. The van der Waals surface area contributed by atoms with Gasteiger partial charge in [-0.3, -0.25) is 4.68 Å². The van der Waals surface area contributed by atoms with Crippen molar-refractivity contribution in [1.29, 1.82) is 0 Å². The Kier molecular flexibility index (Phi) is 3.23. The van der Waals surface area contributed by atoms with Crippen molar-refractivity contribution in [3.05, 3.63) is 11.3 Å². The summed E-state index contributed by atoms with van der Waals surface area (Å²) < 4.78 is 1.70. The zero-order valence-corrected chi connectivity index (χ0v) is 10.4. The molecule has 1 saturated carbocycles. The van der Waals surface area contributed by atoms with Crippen LogP contribution in [0.25, 0.3) is 0 Å². The van der Waals surface area contributed by atoms with Crippen molar-refractivity contribution in [1.82, 2.24) is 9.78 Å². The Hall–Kier alpha value is -0.970. The van der Waals surface area contributed by atoms with Gasteiger partial charge in [0.05, 0.1) is 5.69 Å². The first-order chi connectivity index (χ1) is 7.59. The van der Waals surface area contributed by atoms with Crippen LogP contribution in [-0.2, 0) is 7.05 Å². The Balaban J connectivity index is 2.27. The Morgan fingerprint density at radius 3 is 2.69 bits per heavy atom. The van der Waals surface area contributed by atoms with Crippen molar-refractivity contribution in [2.45, 2.75) is 42.9 Å². The molecule has 0 unspecified atom stereocenters. The first-order valence-electron chi connectivity index (χ1n) is 5.53. The maximum atomic E-state index is 11.2. The highest BCUT2D eigenvalue weighted by molar-refractivity contribution is 8.00. The molecular formula is C11H16N2O2S. The number of aromatic carboxylic acids is 1. The smallest absolute Gasteiger partial charge is 0.340 e. The summed E-state index contributed by atoms with van der Waals surface area (Å²) in [4.78, 5) is 11.2. The summed E-state index contributed by atoms with van der Waals surface area (Å²) in [7, 11) is 1.82. The Morgan fingerprint density at radius 1 is 1.50 bits per heavy atom. The number of aromatic nitrogens is 2. The van der Waals surface area contributed by atoms with E-state index in [-0.39, 0.29) is 0 Å². The number of hydrogen-bond donors (Lipinski definition) is 1. The van der Waals surface area contributed by atoms with Crippen LogP contribution in [0, 0.1) is 6.92 Å². The minimum absolute atomic E-state index is 0.374. The highest BCUT2D eigenvalue weighted by Crippen LogP contribution is 2.36. The van der Waals surface area contributed by atoms with Gasteiger partial charge >= 0.3 is 5.97 Å². The maximum Gasteiger partial charge on any atom is 0.340 e. The van der Waals surface area contributed by atoms with E-state index < -0.39 is 5.97 Å². The summed E-state index contributed by atoms with van der Waals surface area (Å²) in [6, 6.07) is 0. The van der Waals surface area contributed by atoms with Gasteiger partial charge in [-0.2, -0.15) is 5.10 Å². The Labute approximate surface area is 99.0 Å². The van der Waals surface area contributed by atoms with E-state index in [1.54, 1.807) is 23.4 Å². The monoisotopic (exact) mass is 240 g/mol. The molecule has 5 heteroatoms. The van der Waals surface area contributed by atoms with Crippen molar-refractivity contribution < 1.29 is 9.90 Å². The highest BCUT2D eigenvalue weighted by Gasteiger charge is 2.24. The molecular weight excluding hydrogens is 224 g/mol. The third-order valence-corrected chi connectivity index (χ3v) is 4.46. The maximum absolute atomic E-state index is 11.2. The second-order valence-electron chi connectivity index (χ2n) is 4.22. The van der Waals surface area contributed by atoms with Crippen molar-refractivity contribution in [3.8, 4) is 0 Å². The van der Waals surface area contributed by atoms with Crippen LogP contribution in [0.1, 0.15) is 41.7 Å². The summed E-state index contributed by atoms with van der Waals surface area (Å²) >= 11 is 1.67. The van der Waals surface area contributed by atoms with Gasteiger partial charge in [0.2, 0.25) is 0 Å². The van der Waals surface area contributed by atoms with Crippen LogP contribution < -0.4 is 0 Å². The molecule has 1 aliphatic carbocycles. The molecule has 0 aromatic carbocycles. The number of nitrogens with zero attached hydrogens (tertiary/aromatic N) is 2. The van der Waals surface area contributed by atoms with Gasteiger partial charge in [-0.05, 0) is 19.8 Å². The average Bonchev–Trinajstić information content (AvgIpc) is 2.76. The van der Waals surface area contributed by atoms with Gasteiger partial charge in [-0.1, -0.05) is 12.8 Å². The second kappa shape index (κ2) is 4.49. The summed E-state index contributed by atoms with van der Waals surface area (Å²) in [5, 5.41) is 14.7. The van der Waals surface area contributed by atoms with E-state index in [4.69, 9.17) is 5.11 Å². The van der Waals surface area contributed by atoms with Crippen LogP contribution in [0.5, 0.6) is 0 Å². The fourth-order valence-electron chi connectivity index (χ4n) is 2.18. The average molecular weight is 240 g/mol. The lowest BCUT2D eigenvalue weighted by atomic mass is 10.3. The van der Waals surface area contributed by atoms with E-state index in [1.165, 1.54) is 25.7 Å². The minimum Gasteiger partial charge on any atom is -0.478 e. The van der Waals surface area contributed by atoms with E-state index in [9.17, 15) is 4.79 Å². The van der Waals surface area contributed by atoms with Gasteiger partial charge in [0, 0.05) is 12.3 Å². The number of carboxylic acid groups (broad SMARTS) is 1. The fourth-order valence-corrected chi connectivity index (χ4v) is 3.61. The molecule has 0 atom stereocenters. The van der Waals surface area contributed by atoms with Gasteiger partial charge in [0.25, 0.3) is 0 Å². The predicted molar refractivity (Wildman–Crippen MR) is 63.0 cm³/mol. The van der Waals surface area contributed by atoms with Crippen LogP contribution >= 0.6 is 11.8 Å². The van der Waals surface area contributed by atoms with Gasteiger partial charge in [0.1, 0.15) is 10.6 Å². The lowest BCUT2D eigenvalue weighted by molar-refractivity contribution is 0.0692. The van der Waals surface area contributed by atoms with E-state index in [2.05, 4.69) is 5.10 Å². The largest absolute Gasteiger partial charge is 0.478 e. The van der Waals surface area contributed by atoms with Crippen molar-refractivity contribution in [2.75, 3.05) is 0 Å². The number of rotatable bonds is 3. The van der Waals surface area contributed by atoms with Crippen LogP contribution in [0.2, 0.25) is 0 Å². The molecule has 1 heterocycles. The molecule has 88 valence electrons. The molecule has 1 N–H and O–H groups in total. The number of aryl methyl sites for hydroxylation is 2. The van der Waals surface area contributed by atoms with E-state index >= 15 is 0 Å². The molecule has 2 rings (SSSR count). The van der Waals surface area contributed by atoms with Crippen molar-refractivity contribution in [3.63, 3.8) is 0 Å². The molecule has 1 aromatic rings. The van der Waals surface area contributed by atoms with E-state index in [0.717, 1.165) is 5.03 Å². The minimum atomic E-state index is -0.869. The topological polar surface area (TPSA) is 55.1 Å². The number of thioether (sulfide) groups is 1. The molecule has 16 heavy (non-hydrogen) atoms.